The van der Waals surface area contributed by atoms with Crippen molar-refractivity contribution in [3.8, 4) is 11.5 Å². The second kappa shape index (κ2) is 17.3. The van der Waals surface area contributed by atoms with E-state index in [-0.39, 0.29) is 24.0 Å². The van der Waals surface area contributed by atoms with Crippen molar-refractivity contribution < 1.29 is 38.7 Å². The van der Waals surface area contributed by atoms with Gasteiger partial charge in [-0.25, -0.2) is 5.48 Å². The maximum atomic E-state index is 13.0. The van der Waals surface area contributed by atoms with E-state index in [1.165, 1.54) is 5.56 Å². The zero-order valence-corrected chi connectivity index (χ0v) is 29.8. The molecule has 0 saturated carbocycles. The number of ether oxygens (including phenoxy) is 2. The monoisotopic (exact) mass is 723 g/mol. The summed E-state index contributed by atoms with van der Waals surface area (Å²) in [6, 6.07) is 19.3. The summed E-state index contributed by atoms with van der Waals surface area (Å²) in [6.45, 7) is 3.46. The van der Waals surface area contributed by atoms with E-state index in [0.29, 0.717) is 31.1 Å². The third-order valence-corrected chi connectivity index (χ3v) is 9.73. The molecule has 0 radical (unpaired) electrons. The summed E-state index contributed by atoms with van der Waals surface area (Å²) in [5, 5.41) is 12.1. The quantitative estimate of drug-likeness (QED) is 0.0550. The molecule has 1 saturated heterocycles. The molecular weight excluding hydrogens is 678 g/mol. The molecule has 3 heterocycles. The van der Waals surface area contributed by atoms with E-state index in [9.17, 15) is 24.0 Å². The average molecular weight is 724 g/mol. The zero-order chi connectivity index (χ0) is 37.3. The predicted octanol–water partition coefficient (Wildman–Crippen LogP) is 5.09. The first-order valence-electron chi connectivity index (χ1n) is 18.1. The van der Waals surface area contributed by atoms with E-state index < -0.39 is 35.6 Å². The van der Waals surface area contributed by atoms with Gasteiger partial charge in [-0.05, 0) is 92.3 Å². The highest BCUT2D eigenvalue weighted by Gasteiger charge is 2.44. The van der Waals surface area contributed by atoms with Crippen molar-refractivity contribution in [2.24, 2.45) is 0 Å². The molecule has 2 aliphatic heterocycles. The molecule has 6 rings (SSSR count). The van der Waals surface area contributed by atoms with Gasteiger partial charge in [0.1, 0.15) is 24.1 Å². The minimum Gasteiger partial charge on any atom is -0.494 e. The standard InChI is InChI=1S/C40H45N5O8/c1-43(26-27-8-12-30(13-9-27)53-23-21-44-20-18-28-10-11-29(24-35(28)44)37(47)42-51)19-6-4-2-3-5-7-22-52-31-14-15-32-33(25-31)40(50)45(39(32)49)34-16-17-36(46)41-38(34)48/h8-15,18,20,24-25,34,51H,2-7,16-17,19,21-23,26H2,1H3,(H,42,47)(H,41,46,48). The number of hydroxylamine groups is 1. The first kappa shape index (κ1) is 37.2. The van der Waals surface area contributed by atoms with Crippen LogP contribution >= 0.6 is 0 Å². The number of hydrogen-bond donors (Lipinski definition) is 3. The second-order valence-corrected chi connectivity index (χ2v) is 13.6. The van der Waals surface area contributed by atoms with E-state index >= 15 is 0 Å². The van der Waals surface area contributed by atoms with Crippen molar-refractivity contribution in [3.05, 3.63) is 95.2 Å². The molecule has 1 aromatic heterocycles. The van der Waals surface area contributed by atoms with Crippen LogP contribution in [0.4, 0.5) is 0 Å². The number of nitrogens with zero attached hydrogens (tertiary/aromatic N) is 3. The molecule has 0 spiro atoms. The Morgan fingerprint density at radius 2 is 1.57 bits per heavy atom. The molecule has 3 aromatic carbocycles. The molecule has 3 N–H and O–H groups in total. The number of rotatable bonds is 18. The van der Waals surface area contributed by atoms with Crippen molar-refractivity contribution in [1.29, 1.82) is 0 Å². The average Bonchev–Trinajstić information content (AvgIpc) is 3.67. The Labute approximate surface area is 307 Å². The molecule has 1 atom stereocenters. The van der Waals surface area contributed by atoms with E-state index in [4.69, 9.17) is 14.7 Å². The van der Waals surface area contributed by atoms with Crippen LogP contribution in [0, 0.1) is 0 Å². The van der Waals surface area contributed by atoms with Gasteiger partial charge in [-0.1, -0.05) is 43.9 Å². The topological polar surface area (TPSA) is 160 Å². The van der Waals surface area contributed by atoms with Crippen LogP contribution in [-0.4, -0.2) is 82.0 Å². The number of imide groups is 2. The van der Waals surface area contributed by atoms with Crippen LogP contribution < -0.4 is 20.3 Å². The summed E-state index contributed by atoms with van der Waals surface area (Å²) in [5.41, 5.74) is 4.64. The molecule has 2 aliphatic rings. The molecule has 1 fully saturated rings. The van der Waals surface area contributed by atoms with Crippen molar-refractivity contribution in [3.63, 3.8) is 0 Å². The van der Waals surface area contributed by atoms with E-state index in [2.05, 4.69) is 29.4 Å². The molecule has 1 unspecified atom stereocenters. The summed E-state index contributed by atoms with van der Waals surface area (Å²) < 4.78 is 13.9. The van der Waals surface area contributed by atoms with Gasteiger partial charge in [0.15, 0.2) is 0 Å². The SMILES string of the molecule is CN(CCCCCCCCOc1ccc2c(c1)C(=O)N(C1CCC(=O)NC1=O)C2=O)Cc1ccc(OCCn2ccc3ccc(C(=O)NO)cc32)cc1. The number of nitrogens with one attached hydrogen (secondary N) is 2. The molecule has 0 bridgehead atoms. The van der Waals surface area contributed by atoms with Crippen LogP contribution in [0.1, 0.15) is 88.0 Å². The highest BCUT2D eigenvalue weighted by Crippen LogP contribution is 2.30. The van der Waals surface area contributed by atoms with Gasteiger partial charge in [-0.3, -0.25) is 39.4 Å². The van der Waals surface area contributed by atoms with Crippen LogP contribution in [-0.2, 0) is 22.7 Å². The third kappa shape index (κ3) is 9.10. The molecule has 13 heteroatoms. The van der Waals surface area contributed by atoms with Gasteiger partial charge in [0.2, 0.25) is 11.8 Å². The second-order valence-electron chi connectivity index (χ2n) is 13.6. The summed E-state index contributed by atoms with van der Waals surface area (Å²) in [4.78, 5) is 64.7. The summed E-state index contributed by atoms with van der Waals surface area (Å²) in [5.74, 6) is -1.32. The lowest BCUT2D eigenvalue weighted by atomic mass is 10.0. The van der Waals surface area contributed by atoms with Crippen LogP contribution in [0.5, 0.6) is 11.5 Å². The zero-order valence-electron chi connectivity index (χ0n) is 29.8. The number of benzene rings is 3. The van der Waals surface area contributed by atoms with E-state index in [1.807, 2.05) is 35.0 Å². The Hall–Kier alpha value is -5.53. The number of amides is 5. The normalized spacial score (nSPS) is 15.6. The Kier molecular flexibility index (Phi) is 12.2. The molecule has 13 nitrogen and oxygen atoms in total. The lowest BCUT2D eigenvalue weighted by molar-refractivity contribution is -0.136. The van der Waals surface area contributed by atoms with Crippen molar-refractivity contribution in [2.45, 2.75) is 70.5 Å². The fraction of sp³-hybridized carbons (Fsp3) is 0.375. The fourth-order valence-electron chi connectivity index (χ4n) is 6.85. The molecule has 0 aliphatic carbocycles. The lowest BCUT2D eigenvalue weighted by Crippen LogP contribution is -2.54. The van der Waals surface area contributed by atoms with Crippen LogP contribution in [0.15, 0.2) is 72.9 Å². The lowest BCUT2D eigenvalue weighted by Gasteiger charge is -2.27. The molecule has 53 heavy (non-hydrogen) atoms. The first-order chi connectivity index (χ1) is 25.7. The summed E-state index contributed by atoms with van der Waals surface area (Å²) in [6.07, 6.45) is 8.59. The highest BCUT2D eigenvalue weighted by molar-refractivity contribution is 6.23. The van der Waals surface area contributed by atoms with Crippen molar-refractivity contribution in [2.75, 3.05) is 26.8 Å². The van der Waals surface area contributed by atoms with Crippen molar-refractivity contribution in [1.82, 2.24) is 25.2 Å². The van der Waals surface area contributed by atoms with Crippen LogP contribution in [0.3, 0.4) is 0 Å². The number of piperidine rings is 1. The molecule has 5 amide bonds. The van der Waals surface area contributed by atoms with Gasteiger partial charge in [0.25, 0.3) is 17.7 Å². The van der Waals surface area contributed by atoms with Crippen LogP contribution in [0.25, 0.3) is 10.9 Å². The molecule has 278 valence electrons. The van der Waals surface area contributed by atoms with Gasteiger partial charge in [0, 0.05) is 30.2 Å². The Morgan fingerprint density at radius 1 is 0.849 bits per heavy atom. The number of aromatic nitrogens is 1. The Balaban J connectivity index is 0.822. The summed E-state index contributed by atoms with van der Waals surface area (Å²) in [7, 11) is 2.13. The number of carbonyl (C=O) groups excluding carboxylic acids is 5. The minimum atomic E-state index is -0.984. The van der Waals surface area contributed by atoms with E-state index in [0.717, 1.165) is 73.2 Å². The number of fused-ring (bicyclic) bond motifs is 2. The first-order valence-corrected chi connectivity index (χ1v) is 18.1. The maximum absolute atomic E-state index is 13.0. The highest BCUT2D eigenvalue weighted by atomic mass is 16.5. The third-order valence-electron chi connectivity index (χ3n) is 9.73. The largest absolute Gasteiger partial charge is 0.494 e. The Morgan fingerprint density at radius 3 is 2.34 bits per heavy atom. The number of carbonyl (C=O) groups is 5. The predicted molar refractivity (Wildman–Crippen MR) is 196 cm³/mol. The Bertz CT molecular complexity index is 1970. The fourth-order valence-corrected chi connectivity index (χ4v) is 6.85. The molecular formula is C40H45N5O8. The smallest absolute Gasteiger partial charge is 0.274 e. The summed E-state index contributed by atoms with van der Waals surface area (Å²) >= 11 is 0. The van der Waals surface area contributed by atoms with Gasteiger partial charge in [-0.2, -0.15) is 0 Å². The van der Waals surface area contributed by atoms with Gasteiger partial charge < -0.3 is 18.9 Å². The molecule has 4 aromatic rings. The van der Waals surface area contributed by atoms with Crippen molar-refractivity contribution >= 4 is 40.4 Å². The maximum Gasteiger partial charge on any atom is 0.274 e. The van der Waals surface area contributed by atoms with Gasteiger partial charge >= 0.3 is 0 Å². The number of hydrogen-bond acceptors (Lipinski definition) is 9. The number of unbranched alkanes of at least 4 members (excludes halogenated alkanes) is 5. The minimum absolute atomic E-state index is 0.0830. The van der Waals surface area contributed by atoms with Gasteiger partial charge in [0.05, 0.1) is 24.3 Å². The van der Waals surface area contributed by atoms with E-state index in [1.54, 1.807) is 35.8 Å². The van der Waals surface area contributed by atoms with Crippen LogP contribution in [0.2, 0.25) is 0 Å². The van der Waals surface area contributed by atoms with Gasteiger partial charge in [-0.15, -0.1) is 0 Å².